The molecule has 4 nitrogen and oxygen atoms in total. The minimum Gasteiger partial charge on any atom is -0.351 e. The van der Waals surface area contributed by atoms with Gasteiger partial charge in [0, 0.05) is 19.1 Å². The van der Waals surface area contributed by atoms with Crippen molar-refractivity contribution in [3.63, 3.8) is 0 Å². The maximum atomic E-state index is 12.4. The Balaban J connectivity index is 1.59. The first-order valence-corrected chi connectivity index (χ1v) is 7.51. The highest BCUT2D eigenvalue weighted by Gasteiger charge is 2.26. The molecule has 2 N–H and O–H groups in total. The summed E-state index contributed by atoms with van der Waals surface area (Å²) in [6, 6.07) is 8.59. The van der Waals surface area contributed by atoms with E-state index in [1.807, 2.05) is 0 Å². The van der Waals surface area contributed by atoms with Crippen LogP contribution < -0.4 is 10.6 Å². The van der Waals surface area contributed by atoms with E-state index in [4.69, 9.17) is 0 Å². The third-order valence-corrected chi connectivity index (χ3v) is 4.37. The van der Waals surface area contributed by atoms with E-state index in [0.717, 1.165) is 32.5 Å². The molecular weight excluding hydrogens is 250 g/mol. The highest BCUT2D eigenvalue weighted by atomic mass is 16.2. The summed E-state index contributed by atoms with van der Waals surface area (Å²) >= 11 is 0. The molecule has 2 aliphatic rings. The van der Waals surface area contributed by atoms with E-state index in [9.17, 15) is 4.79 Å². The second-order valence-electron chi connectivity index (χ2n) is 6.02. The molecule has 0 spiro atoms. The summed E-state index contributed by atoms with van der Waals surface area (Å²) in [7, 11) is 2.12. The van der Waals surface area contributed by atoms with Crippen LogP contribution in [0, 0.1) is 0 Å². The molecule has 1 fully saturated rings. The van der Waals surface area contributed by atoms with E-state index in [-0.39, 0.29) is 11.9 Å². The molecule has 1 aromatic carbocycles. The van der Waals surface area contributed by atoms with Crippen LogP contribution in [0.3, 0.4) is 0 Å². The summed E-state index contributed by atoms with van der Waals surface area (Å²) in [5.74, 6) is 0.153. The van der Waals surface area contributed by atoms with Crippen molar-refractivity contribution in [1.82, 2.24) is 15.5 Å². The number of likely N-dealkylation sites (tertiary alicyclic amines) is 1. The molecule has 0 radical (unpaired) electrons. The number of amides is 1. The van der Waals surface area contributed by atoms with Gasteiger partial charge in [-0.25, -0.2) is 0 Å². The van der Waals surface area contributed by atoms with E-state index in [0.29, 0.717) is 6.04 Å². The van der Waals surface area contributed by atoms with Crippen LogP contribution in [0.1, 0.15) is 24.0 Å². The second kappa shape index (κ2) is 5.94. The van der Waals surface area contributed by atoms with Crippen molar-refractivity contribution in [3.8, 4) is 0 Å². The standard InChI is InChI=1S/C16H23N3O/c1-19-8-4-7-14(11-19)18-16(20)15-9-12-5-2-3-6-13(12)10-17-15/h2-3,5-6,14-15,17H,4,7-11H2,1H3,(H,18,20)/t14?,15-/m1/s1. The molecule has 1 unspecified atom stereocenters. The van der Waals surface area contributed by atoms with Crippen molar-refractivity contribution in [2.24, 2.45) is 0 Å². The zero-order chi connectivity index (χ0) is 13.9. The number of nitrogens with zero attached hydrogens (tertiary/aromatic N) is 1. The van der Waals surface area contributed by atoms with Gasteiger partial charge in [-0.15, -0.1) is 0 Å². The lowest BCUT2D eigenvalue weighted by molar-refractivity contribution is -0.124. The van der Waals surface area contributed by atoms with Crippen LogP contribution in [-0.2, 0) is 17.8 Å². The first-order chi connectivity index (χ1) is 9.72. The molecule has 2 aliphatic heterocycles. The Hall–Kier alpha value is -1.39. The predicted octanol–water partition coefficient (Wildman–Crippen LogP) is 0.911. The van der Waals surface area contributed by atoms with Gasteiger partial charge in [0.15, 0.2) is 0 Å². The number of fused-ring (bicyclic) bond motifs is 1. The first kappa shape index (κ1) is 13.6. The summed E-state index contributed by atoms with van der Waals surface area (Å²) < 4.78 is 0. The molecule has 2 heterocycles. The first-order valence-electron chi connectivity index (χ1n) is 7.51. The Bertz CT molecular complexity index is 488. The third kappa shape index (κ3) is 3.02. The maximum absolute atomic E-state index is 12.4. The Morgan fingerprint density at radius 3 is 2.95 bits per heavy atom. The fourth-order valence-corrected chi connectivity index (χ4v) is 3.23. The molecule has 1 aromatic rings. The average molecular weight is 273 g/mol. The van der Waals surface area contributed by atoms with Crippen molar-refractivity contribution in [2.75, 3.05) is 20.1 Å². The van der Waals surface area contributed by atoms with Crippen molar-refractivity contribution in [3.05, 3.63) is 35.4 Å². The van der Waals surface area contributed by atoms with Gasteiger partial charge in [-0.3, -0.25) is 4.79 Å². The quantitative estimate of drug-likeness (QED) is 0.842. The Labute approximate surface area is 120 Å². The van der Waals surface area contributed by atoms with Crippen LogP contribution in [-0.4, -0.2) is 43.0 Å². The molecule has 20 heavy (non-hydrogen) atoms. The smallest absolute Gasteiger partial charge is 0.237 e. The van der Waals surface area contributed by atoms with Gasteiger partial charge in [-0.05, 0) is 44.0 Å². The molecule has 0 aliphatic carbocycles. The number of benzene rings is 1. The summed E-state index contributed by atoms with van der Waals surface area (Å²) in [4.78, 5) is 14.7. The Kier molecular flexibility index (Phi) is 4.03. The van der Waals surface area contributed by atoms with E-state index in [1.165, 1.54) is 17.5 Å². The van der Waals surface area contributed by atoms with Crippen molar-refractivity contribution < 1.29 is 4.79 Å². The number of nitrogens with one attached hydrogen (secondary N) is 2. The number of carbonyl (C=O) groups excluding carboxylic acids is 1. The summed E-state index contributed by atoms with van der Waals surface area (Å²) in [6.07, 6.45) is 3.06. The van der Waals surface area contributed by atoms with Crippen molar-refractivity contribution in [1.29, 1.82) is 0 Å². The fraction of sp³-hybridized carbons (Fsp3) is 0.562. The van der Waals surface area contributed by atoms with Gasteiger partial charge in [0.25, 0.3) is 0 Å². The molecule has 2 atom stereocenters. The lowest BCUT2D eigenvalue weighted by Crippen LogP contribution is -2.53. The van der Waals surface area contributed by atoms with E-state index in [1.54, 1.807) is 0 Å². The van der Waals surface area contributed by atoms with Crippen LogP contribution >= 0.6 is 0 Å². The second-order valence-corrected chi connectivity index (χ2v) is 6.02. The number of hydrogen-bond donors (Lipinski definition) is 2. The number of rotatable bonds is 2. The van der Waals surface area contributed by atoms with Gasteiger partial charge < -0.3 is 15.5 Å². The molecule has 108 valence electrons. The number of likely N-dealkylation sites (N-methyl/N-ethyl adjacent to an activating group) is 1. The van der Waals surface area contributed by atoms with Crippen LogP contribution in [0.25, 0.3) is 0 Å². The zero-order valence-corrected chi connectivity index (χ0v) is 12.1. The van der Waals surface area contributed by atoms with Gasteiger partial charge in [-0.1, -0.05) is 24.3 Å². The lowest BCUT2D eigenvalue weighted by Gasteiger charge is -2.32. The number of piperidine rings is 1. The summed E-state index contributed by atoms with van der Waals surface area (Å²) in [6.45, 7) is 2.90. The largest absolute Gasteiger partial charge is 0.351 e. The number of hydrogen-bond acceptors (Lipinski definition) is 3. The SMILES string of the molecule is CN1CCCC(NC(=O)[C@H]2Cc3ccccc3CN2)C1. The van der Waals surface area contributed by atoms with Gasteiger partial charge in [0.2, 0.25) is 5.91 Å². The Morgan fingerprint density at radius 1 is 1.35 bits per heavy atom. The monoisotopic (exact) mass is 273 g/mol. The highest BCUT2D eigenvalue weighted by molar-refractivity contribution is 5.82. The van der Waals surface area contributed by atoms with Gasteiger partial charge in [-0.2, -0.15) is 0 Å². The molecule has 3 rings (SSSR count). The van der Waals surface area contributed by atoms with Crippen molar-refractivity contribution in [2.45, 2.75) is 37.9 Å². The van der Waals surface area contributed by atoms with Crippen molar-refractivity contribution >= 4 is 5.91 Å². The summed E-state index contributed by atoms with van der Waals surface area (Å²) in [5, 5.41) is 6.56. The van der Waals surface area contributed by atoms with E-state index < -0.39 is 0 Å². The van der Waals surface area contributed by atoms with Gasteiger partial charge in [0.1, 0.15) is 0 Å². The fourth-order valence-electron chi connectivity index (χ4n) is 3.23. The predicted molar refractivity (Wildman–Crippen MR) is 79.4 cm³/mol. The molecule has 1 saturated heterocycles. The zero-order valence-electron chi connectivity index (χ0n) is 12.1. The molecule has 0 saturated carbocycles. The highest BCUT2D eigenvalue weighted by Crippen LogP contribution is 2.17. The van der Waals surface area contributed by atoms with Gasteiger partial charge >= 0.3 is 0 Å². The minimum absolute atomic E-state index is 0.0860. The van der Waals surface area contributed by atoms with E-state index >= 15 is 0 Å². The molecule has 0 bridgehead atoms. The summed E-state index contributed by atoms with van der Waals surface area (Å²) in [5.41, 5.74) is 2.61. The van der Waals surface area contributed by atoms with Crippen LogP contribution in [0.4, 0.5) is 0 Å². The van der Waals surface area contributed by atoms with E-state index in [2.05, 4.69) is 46.8 Å². The molecule has 4 heteroatoms. The lowest BCUT2D eigenvalue weighted by atomic mass is 9.95. The normalized spacial score (nSPS) is 26.9. The average Bonchev–Trinajstić information content (AvgIpc) is 2.47. The Morgan fingerprint density at radius 2 is 2.15 bits per heavy atom. The topological polar surface area (TPSA) is 44.4 Å². The number of carbonyl (C=O) groups is 1. The molecular formula is C16H23N3O. The van der Waals surface area contributed by atoms with Gasteiger partial charge in [0.05, 0.1) is 6.04 Å². The van der Waals surface area contributed by atoms with Crippen LogP contribution in [0.5, 0.6) is 0 Å². The minimum atomic E-state index is -0.0860. The van der Waals surface area contributed by atoms with Crippen LogP contribution in [0.15, 0.2) is 24.3 Å². The van der Waals surface area contributed by atoms with Crippen LogP contribution in [0.2, 0.25) is 0 Å². The molecule has 1 amide bonds. The maximum Gasteiger partial charge on any atom is 0.237 e. The molecule has 0 aromatic heterocycles. The third-order valence-electron chi connectivity index (χ3n) is 4.37.